The zero-order chi connectivity index (χ0) is 13.4. The third-order valence-electron chi connectivity index (χ3n) is 4.53. The number of rotatable bonds is 4. The van der Waals surface area contributed by atoms with Gasteiger partial charge in [-0.25, -0.2) is 0 Å². The van der Waals surface area contributed by atoms with E-state index in [1.807, 2.05) is 6.07 Å². The monoisotopic (exact) mass is 278 g/mol. The van der Waals surface area contributed by atoms with Crippen molar-refractivity contribution in [3.05, 3.63) is 28.8 Å². The van der Waals surface area contributed by atoms with Crippen LogP contribution in [0.15, 0.2) is 18.2 Å². The maximum atomic E-state index is 6.20. The van der Waals surface area contributed by atoms with Gasteiger partial charge in [-0.15, -0.1) is 0 Å². The molecule has 1 aromatic rings. The van der Waals surface area contributed by atoms with Gasteiger partial charge < -0.3 is 10.2 Å². The minimum Gasteiger partial charge on any atom is -0.371 e. The van der Waals surface area contributed by atoms with E-state index in [-0.39, 0.29) is 0 Å². The normalized spacial score (nSPS) is 27.0. The van der Waals surface area contributed by atoms with E-state index < -0.39 is 0 Å². The van der Waals surface area contributed by atoms with Crippen molar-refractivity contribution < 1.29 is 0 Å². The van der Waals surface area contributed by atoms with E-state index in [0.717, 1.165) is 42.5 Å². The van der Waals surface area contributed by atoms with Gasteiger partial charge in [-0.3, -0.25) is 0 Å². The average molecular weight is 279 g/mol. The maximum Gasteiger partial charge on any atom is 0.0426 e. The lowest BCUT2D eigenvalue weighted by atomic mass is 10.0. The summed E-state index contributed by atoms with van der Waals surface area (Å²) >= 11 is 6.20. The molecule has 1 heterocycles. The highest BCUT2D eigenvalue weighted by Crippen LogP contribution is 2.32. The lowest BCUT2D eigenvalue weighted by Crippen LogP contribution is -2.23. The van der Waals surface area contributed by atoms with Crippen LogP contribution in [0, 0.1) is 11.8 Å². The summed E-state index contributed by atoms with van der Waals surface area (Å²) in [5.41, 5.74) is 2.72. The number of hydrogen-bond acceptors (Lipinski definition) is 2. The van der Waals surface area contributed by atoms with E-state index in [4.69, 9.17) is 11.6 Å². The molecule has 0 amide bonds. The molecule has 1 aliphatic carbocycles. The maximum absolute atomic E-state index is 6.20. The molecular weight excluding hydrogens is 256 g/mol. The Labute approximate surface area is 121 Å². The van der Waals surface area contributed by atoms with Crippen molar-refractivity contribution in [3.63, 3.8) is 0 Å². The van der Waals surface area contributed by atoms with Crippen LogP contribution in [0.25, 0.3) is 0 Å². The van der Waals surface area contributed by atoms with Crippen LogP contribution in [0.3, 0.4) is 0 Å². The Morgan fingerprint density at radius 2 is 1.89 bits per heavy atom. The molecule has 2 unspecified atom stereocenters. The van der Waals surface area contributed by atoms with Crippen LogP contribution in [0.2, 0.25) is 5.02 Å². The molecule has 1 N–H and O–H groups in total. The van der Waals surface area contributed by atoms with Crippen molar-refractivity contribution in [2.45, 2.75) is 39.3 Å². The molecule has 2 atom stereocenters. The molecule has 0 spiro atoms. The molecule has 1 saturated carbocycles. The van der Waals surface area contributed by atoms with Gasteiger partial charge >= 0.3 is 0 Å². The first-order valence-corrected chi connectivity index (χ1v) is 7.78. The molecule has 104 valence electrons. The molecule has 3 heteroatoms. The molecule has 2 aliphatic rings. The second-order valence-corrected chi connectivity index (χ2v) is 6.72. The first kappa shape index (κ1) is 13.3. The first-order chi connectivity index (χ1) is 9.13. The predicted octanol–water partition coefficient (Wildman–Crippen LogP) is 3.68. The molecule has 19 heavy (non-hydrogen) atoms. The lowest BCUT2D eigenvalue weighted by Gasteiger charge is -2.22. The van der Waals surface area contributed by atoms with Gasteiger partial charge in [0.05, 0.1) is 0 Å². The van der Waals surface area contributed by atoms with Crippen LogP contribution >= 0.6 is 11.6 Å². The molecule has 2 fully saturated rings. The molecule has 0 radical (unpaired) electrons. The van der Waals surface area contributed by atoms with E-state index in [1.165, 1.54) is 24.1 Å². The number of nitrogens with zero attached hydrogens (tertiary/aromatic N) is 1. The quantitative estimate of drug-likeness (QED) is 0.904. The standard InChI is InChI=1S/C16H23ClN2/c1-11-9-19(10-12(11)2)16-7-14(17)4-3-13(16)8-18-15-5-6-15/h3-4,7,11-12,15,18H,5-6,8-10H2,1-2H3. The fourth-order valence-electron chi connectivity index (χ4n) is 2.85. The lowest BCUT2D eigenvalue weighted by molar-refractivity contribution is 0.494. The number of nitrogens with one attached hydrogen (secondary N) is 1. The predicted molar refractivity (Wildman–Crippen MR) is 81.9 cm³/mol. The van der Waals surface area contributed by atoms with Crippen LogP contribution in [0.5, 0.6) is 0 Å². The van der Waals surface area contributed by atoms with Crippen LogP contribution in [-0.4, -0.2) is 19.1 Å². The molecule has 2 nitrogen and oxygen atoms in total. The molecule has 0 bridgehead atoms. The first-order valence-electron chi connectivity index (χ1n) is 7.40. The number of anilines is 1. The fourth-order valence-corrected chi connectivity index (χ4v) is 3.02. The van der Waals surface area contributed by atoms with Crippen LogP contribution in [0.1, 0.15) is 32.3 Å². The Bertz CT molecular complexity index is 446. The van der Waals surface area contributed by atoms with Gasteiger partial charge in [-0.1, -0.05) is 31.5 Å². The Morgan fingerprint density at radius 1 is 1.21 bits per heavy atom. The highest BCUT2D eigenvalue weighted by atomic mass is 35.5. The van der Waals surface area contributed by atoms with Crippen molar-refractivity contribution in [2.24, 2.45) is 11.8 Å². The largest absolute Gasteiger partial charge is 0.371 e. The van der Waals surface area contributed by atoms with E-state index in [0.29, 0.717) is 0 Å². The topological polar surface area (TPSA) is 15.3 Å². The van der Waals surface area contributed by atoms with Crippen molar-refractivity contribution in [1.29, 1.82) is 0 Å². The van der Waals surface area contributed by atoms with E-state index >= 15 is 0 Å². The summed E-state index contributed by atoms with van der Waals surface area (Å²) in [5, 5.41) is 4.45. The summed E-state index contributed by atoms with van der Waals surface area (Å²) in [7, 11) is 0. The van der Waals surface area contributed by atoms with Crippen LogP contribution in [0.4, 0.5) is 5.69 Å². The van der Waals surface area contributed by atoms with E-state index in [1.54, 1.807) is 0 Å². The summed E-state index contributed by atoms with van der Waals surface area (Å²) in [4.78, 5) is 2.51. The van der Waals surface area contributed by atoms with Gasteiger partial charge in [0.25, 0.3) is 0 Å². The second kappa shape index (κ2) is 5.34. The van der Waals surface area contributed by atoms with Crippen molar-refractivity contribution in [1.82, 2.24) is 5.32 Å². The Morgan fingerprint density at radius 3 is 2.53 bits per heavy atom. The summed E-state index contributed by atoms with van der Waals surface area (Å²) in [6.45, 7) is 7.96. The summed E-state index contributed by atoms with van der Waals surface area (Å²) < 4.78 is 0. The van der Waals surface area contributed by atoms with Gasteiger partial charge in [-0.2, -0.15) is 0 Å². The summed E-state index contributed by atoms with van der Waals surface area (Å²) in [6, 6.07) is 7.08. The highest BCUT2D eigenvalue weighted by Gasteiger charge is 2.28. The van der Waals surface area contributed by atoms with E-state index in [2.05, 4.69) is 36.2 Å². The van der Waals surface area contributed by atoms with Crippen molar-refractivity contribution in [3.8, 4) is 0 Å². The third-order valence-corrected chi connectivity index (χ3v) is 4.77. The van der Waals surface area contributed by atoms with Gasteiger partial charge in [0.2, 0.25) is 0 Å². The van der Waals surface area contributed by atoms with Crippen LogP contribution in [-0.2, 0) is 6.54 Å². The zero-order valence-corrected chi connectivity index (χ0v) is 12.6. The molecule has 1 aromatic carbocycles. The Kier molecular flexibility index (Phi) is 3.72. The molecule has 0 aromatic heterocycles. The van der Waals surface area contributed by atoms with Crippen molar-refractivity contribution >= 4 is 17.3 Å². The molecular formula is C16H23ClN2. The fraction of sp³-hybridized carbons (Fsp3) is 0.625. The number of halogens is 1. The van der Waals surface area contributed by atoms with Gasteiger partial charge in [0.1, 0.15) is 0 Å². The third kappa shape index (κ3) is 3.06. The summed E-state index contributed by atoms with van der Waals surface area (Å²) in [6.07, 6.45) is 2.67. The molecule has 1 aliphatic heterocycles. The summed E-state index contributed by atoms with van der Waals surface area (Å²) in [5.74, 6) is 1.53. The van der Waals surface area contributed by atoms with Gasteiger partial charge in [-0.05, 0) is 42.4 Å². The Hall–Kier alpha value is -0.730. The minimum atomic E-state index is 0.750. The van der Waals surface area contributed by atoms with Crippen LogP contribution < -0.4 is 10.2 Å². The number of hydrogen-bond donors (Lipinski definition) is 1. The van der Waals surface area contributed by atoms with E-state index in [9.17, 15) is 0 Å². The second-order valence-electron chi connectivity index (χ2n) is 6.29. The Balaban J connectivity index is 1.79. The average Bonchev–Trinajstić information content (AvgIpc) is 3.14. The zero-order valence-electron chi connectivity index (χ0n) is 11.8. The minimum absolute atomic E-state index is 0.750. The number of benzene rings is 1. The molecule has 3 rings (SSSR count). The SMILES string of the molecule is CC1CN(c2cc(Cl)ccc2CNC2CC2)CC1C. The van der Waals surface area contributed by atoms with Crippen molar-refractivity contribution in [2.75, 3.05) is 18.0 Å². The smallest absolute Gasteiger partial charge is 0.0426 e. The van der Waals surface area contributed by atoms with Gasteiger partial charge in [0, 0.05) is 36.4 Å². The highest BCUT2D eigenvalue weighted by molar-refractivity contribution is 6.30. The molecule has 1 saturated heterocycles. The van der Waals surface area contributed by atoms with Gasteiger partial charge in [0.15, 0.2) is 0 Å².